The van der Waals surface area contributed by atoms with E-state index in [1.807, 2.05) is 24.3 Å². The highest BCUT2D eigenvalue weighted by Gasteiger charge is 2.21. The van der Waals surface area contributed by atoms with Crippen molar-refractivity contribution in [1.82, 2.24) is 10.6 Å². The minimum absolute atomic E-state index is 0.107. The van der Waals surface area contributed by atoms with E-state index in [9.17, 15) is 9.18 Å². The molecule has 3 rings (SSSR count). The van der Waals surface area contributed by atoms with E-state index in [1.165, 1.54) is 12.1 Å². The molecule has 0 aliphatic carbocycles. The number of carbonyl (C=O) groups is 1. The van der Waals surface area contributed by atoms with Crippen LogP contribution in [0.1, 0.15) is 24.0 Å². The number of hydrogen-bond acceptors (Lipinski definition) is 3. The average molecular weight is 431 g/mol. The standard InChI is InChI=1S/C20H20BrFN4O/c21-19-6-3-16(22)11-15(19)13-24-20(27)25-17-7-9-26(10-8-17)18-4-1-14(12-23)2-5-18/h1-6,11,17H,7-10,13H2,(H2,24,25,27). The van der Waals surface area contributed by atoms with Crippen molar-refractivity contribution >= 4 is 27.6 Å². The molecule has 27 heavy (non-hydrogen) atoms. The third-order valence-corrected chi connectivity index (χ3v) is 5.41. The number of nitrogens with one attached hydrogen (secondary N) is 2. The highest BCUT2D eigenvalue weighted by atomic mass is 79.9. The molecule has 2 amide bonds. The van der Waals surface area contributed by atoms with Gasteiger partial charge in [-0.25, -0.2) is 9.18 Å². The lowest BCUT2D eigenvalue weighted by atomic mass is 10.0. The van der Waals surface area contributed by atoms with Gasteiger partial charge in [0, 0.05) is 35.8 Å². The molecular weight excluding hydrogens is 411 g/mol. The first-order valence-corrected chi connectivity index (χ1v) is 9.58. The van der Waals surface area contributed by atoms with Crippen LogP contribution in [-0.4, -0.2) is 25.2 Å². The maximum Gasteiger partial charge on any atom is 0.315 e. The Kier molecular flexibility index (Phi) is 6.30. The molecule has 140 valence electrons. The number of nitriles is 1. The number of anilines is 1. The van der Waals surface area contributed by atoms with Gasteiger partial charge >= 0.3 is 6.03 Å². The summed E-state index contributed by atoms with van der Waals surface area (Å²) in [4.78, 5) is 14.4. The lowest BCUT2D eigenvalue weighted by molar-refractivity contribution is 0.234. The van der Waals surface area contributed by atoms with Gasteiger partial charge in [-0.2, -0.15) is 5.26 Å². The van der Waals surface area contributed by atoms with Crippen LogP contribution < -0.4 is 15.5 Å². The molecule has 2 aromatic carbocycles. The lowest BCUT2D eigenvalue weighted by Gasteiger charge is -2.34. The highest BCUT2D eigenvalue weighted by molar-refractivity contribution is 9.10. The molecule has 0 atom stereocenters. The van der Waals surface area contributed by atoms with Gasteiger partial charge in [-0.1, -0.05) is 15.9 Å². The smallest absolute Gasteiger partial charge is 0.315 e. The van der Waals surface area contributed by atoms with Gasteiger partial charge in [-0.05, 0) is 60.9 Å². The Balaban J connectivity index is 1.45. The molecule has 5 nitrogen and oxygen atoms in total. The molecule has 0 bridgehead atoms. The van der Waals surface area contributed by atoms with E-state index >= 15 is 0 Å². The van der Waals surface area contributed by atoms with Crippen molar-refractivity contribution in [2.45, 2.75) is 25.4 Å². The van der Waals surface area contributed by atoms with Crippen molar-refractivity contribution in [3.63, 3.8) is 0 Å². The number of benzene rings is 2. The van der Waals surface area contributed by atoms with Gasteiger partial charge in [0.2, 0.25) is 0 Å². The van der Waals surface area contributed by atoms with E-state index in [0.717, 1.165) is 36.1 Å². The second-order valence-corrected chi connectivity index (χ2v) is 7.34. The molecule has 1 aliphatic heterocycles. The Bertz CT molecular complexity index is 842. The molecule has 2 aromatic rings. The normalized spacial score (nSPS) is 14.5. The van der Waals surface area contributed by atoms with Gasteiger partial charge in [0.25, 0.3) is 0 Å². The summed E-state index contributed by atoms with van der Waals surface area (Å²) in [5.41, 5.74) is 2.44. The fourth-order valence-corrected chi connectivity index (χ4v) is 3.51. The number of piperidine rings is 1. The fraction of sp³-hybridized carbons (Fsp3) is 0.300. The van der Waals surface area contributed by atoms with E-state index < -0.39 is 0 Å². The summed E-state index contributed by atoms with van der Waals surface area (Å²) < 4.78 is 14.1. The van der Waals surface area contributed by atoms with Crippen molar-refractivity contribution in [1.29, 1.82) is 5.26 Å². The van der Waals surface area contributed by atoms with Crippen LogP contribution in [0.5, 0.6) is 0 Å². The quantitative estimate of drug-likeness (QED) is 0.771. The molecule has 1 fully saturated rings. The van der Waals surface area contributed by atoms with Gasteiger partial charge < -0.3 is 15.5 Å². The second-order valence-electron chi connectivity index (χ2n) is 6.48. The SMILES string of the molecule is N#Cc1ccc(N2CCC(NC(=O)NCc3cc(F)ccc3Br)CC2)cc1. The Labute approximate surface area is 166 Å². The van der Waals surface area contributed by atoms with Crippen molar-refractivity contribution in [2.24, 2.45) is 0 Å². The highest BCUT2D eigenvalue weighted by Crippen LogP contribution is 2.21. The molecule has 1 aliphatic rings. The monoisotopic (exact) mass is 430 g/mol. The minimum Gasteiger partial charge on any atom is -0.371 e. The zero-order valence-corrected chi connectivity index (χ0v) is 16.3. The topological polar surface area (TPSA) is 68.2 Å². The van der Waals surface area contributed by atoms with E-state index in [1.54, 1.807) is 6.07 Å². The Hall–Kier alpha value is -2.59. The van der Waals surface area contributed by atoms with E-state index in [2.05, 4.69) is 37.5 Å². The molecule has 0 saturated carbocycles. The summed E-state index contributed by atoms with van der Waals surface area (Å²) in [7, 11) is 0. The number of urea groups is 1. The van der Waals surface area contributed by atoms with Crippen LogP contribution in [0.4, 0.5) is 14.9 Å². The van der Waals surface area contributed by atoms with Crippen LogP contribution in [0.25, 0.3) is 0 Å². The third-order valence-electron chi connectivity index (χ3n) is 4.64. The van der Waals surface area contributed by atoms with Crippen molar-refractivity contribution < 1.29 is 9.18 Å². The number of nitrogens with zero attached hydrogens (tertiary/aromatic N) is 2. The van der Waals surface area contributed by atoms with Crippen LogP contribution in [0, 0.1) is 17.1 Å². The zero-order valence-electron chi connectivity index (χ0n) is 14.7. The summed E-state index contributed by atoms with van der Waals surface area (Å²) >= 11 is 3.36. The number of carbonyl (C=O) groups excluding carboxylic acids is 1. The molecule has 0 unspecified atom stereocenters. The maximum absolute atomic E-state index is 13.3. The predicted octanol–water partition coefficient (Wildman–Crippen LogP) is 3.93. The molecule has 1 heterocycles. The predicted molar refractivity (Wildman–Crippen MR) is 106 cm³/mol. The zero-order chi connectivity index (χ0) is 19.2. The van der Waals surface area contributed by atoms with Gasteiger partial charge in [0.05, 0.1) is 11.6 Å². The van der Waals surface area contributed by atoms with Crippen LogP contribution >= 0.6 is 15.9 Å². The van der Waals surface area contributed by atoms with Gasteiger partial charge in [0.1, 0.15) is 5.82 Å². The van der Waals surface area contributed by atoms with Crippen LogP contribution in [0.3, 0.4) is 0 Å². The molecule has 7 heteroatoms. The molecule has 0 spiro atoms. The van der Waals surface area contributed by atoms with E-state index in [-0.39, 0.29) is 24.4 Å². The maximum atomic E-state index is 13.3. The number of rotatable bonds is 4. The van der Waals surface area contributed by atoms with Gasteiger partial charge in [0.15, 0.2) is 0 Å². The summed E-state index contributed by atoms with van der Waals surface area (Å²) in [5, 5.41) is 14.6. The summed E-state index contributed by atoms with van der Waals surface area (Å²) in [5.74, 6) is -0.328. The van der Waals surface area contributed by atoms with E-state index in [4.69, 9.17) is 5.26 Å². The van der Waals surface area contributed by atoms with Crippen molar-refractivity contribution in [3.05, 3.63) is 63.9 Å². The summed E-state index contributed by atoms with van der Waals surface area (Å²) in [6.45, 7) is 1.94. The van der Waals surface area contributed by atoms with Crippen LogP contribution in [0.2, 0.25) is 0 Å². The largest absolute Gasteiger partial charge is 0.371 e. The first-order valence-electron chi connectivity index (χ1n) is 8.78. The fourth-order valence-electron chi connectivity index (χ4n) is 3.12. The molecule has 1 saturated heterocycles. The average Bonchev–Trinajstić information content (AvgIpc) is 2.69. The molecule has 2 N–H and O–H groups in total. The van der Waals surface area contributed by atoms with Crippen molar-refractivity contribution in [3.8, 4) is 6.07 Å². The minimum atomic E-state index is -0.328. The molecule has 0 radical (unpaired) electrons. The second kappa shape index (κ2) is 8.87. The molecule has 0 aromatic heterocycles. The number of halogens is 2. The van der Waals surface area contributed by atoms with Gasteiger partial charge in [-0.15, -0.1) is 0 Å². The Morgan fingerprint density at radius 3 is 2.59 bits per heavy atom. The van der Waals surface area contributed by atoms with Crippen LogP contribution in [0.15, 0.2) is 46.9 Å². The number of amides is 2. The van der Waals surface area contributed by atoms with E-state index in [0.29, 0.717) is 11.1 Å². The summed E-state index contributed by atoms with van der Waals surface area (Å²) in [6, 6.07) is 13.9. The Morgan fingerprint density at radius 1 is 1.22 bits per heavy atom. The van der Waals surface area contributed by atoms with Crippen LogP contribution in [-0.2, 0) is 6.54 Å². The number of hydrogen-bond donors (Lipinski definition) is 2. The summed E-state index contributed by atoms with van der Waals surface area (Å²) in [6.07, 6.45) is 1.69. The Morgan fingerprint density at radius 2 is 1.93 bits per heavy atom. The first kappa shape index (κ1) is 19.2. The third kappa shape index (κ3) is 5.20. The first-order chi connectivity index (χ1) is 13.0. The molecular formula is C20H20BrFN4O. The van der Waals surface area contributed by atoms with Crippen molar-refractivity contribution in [2.75, 3.05) is 18.0 Å². The van der Waals surface area contributed by atoms with Gasteiger partial charge in [-0.3, -0.25) is 0 Å². The lowest BCUT2D eigenvalue weighted by Crippen LogP contribution is -2.47.